The Bertz CT molecular complexity index is 358. The topological polar surface area (TPSA) is 20.2 Å². The van der Waals surface area contributed by atoms with Crippen LogP contribution in [0.4, 0.5) is 17.6 Å². The molecule has 0 aromatic heterocycles. The van der Waals surface area contributed by atoms with Crippen LogP contribution in [0.1, 0.15) is 11.1 Å². The Morgan fingerprint density at radius 1 is 1.00 bits per heavy atom. The molecular weight excluding hydrogens is 200 g/mol. The van der Waals surface area contributed by atoms with E-state index in [1.54, 1.807) is 0 Å². The van der Waals surface area contributed by atoms with E-state index in [0.29, 0.717) is 6.08 Å². The lowest BCUT2D eigenvalue weighted by atomic mass is 10.1. The zero-order chi connectivity index (χ0) is 10.9. The number of aliphatic hydroxyl groups is 1. The molecule has 0 saturated carbocycles. The van der Waals surface area contributed by atoms with Gasteiger partial charge in [0.2, 0.25) is 0 Å². The first-order valence-corrected chi connectivity index (χ1v) is 3.62. The monoisotopic (exact) mass is 206 g/mol. The molecule has 1 aromatic rings. The molecule has 1 aromatic carbocycles. The van der Waals surface area contributed by atoms with Crippen molar-refractivity contribution in [2.75, 3.05) is 0 Å². The van der Waals surface area contributed by atoms with E-state index in [0.717, 1.165) is 0 Å². The van der Waals surface area contributed by atoms with E-state index in [9.17, 15) is 17.6 Å². The minimum Gasteiger partial charge on any atom is -0.391 e. The van der Waals surface area contributed by atoms with E-state index in [1.807, 2.05) is 0 Å². The number of rotatable bonds is 2. The van der Waals surface area contributed by atoms with E-state index in [4.69, 9.17) is 5.11 Å². The van der Waals surface area contributed by atoms with Gasteiger partial charge in [-0.3, -0.25) is 0 Å². The standard InChI is InChI=1S/C9H6F4O/c1-2-4-6(10)8(12)5(3-14)9(13)7(4)11/h2,14H,1,3H2. The molecule has 0 fully saturated rings. The molecule has 0 bridgehead atoms. The zero-order valence-electron chi connectivity index (χ0n) is 6.95. The number of aliphatic hydroxyl groups excluding tert-OH is 1. The van der Waals surface area contributed by atoms with Crippen molar-refractivity contribution in [1.29, 1.82) is 0 Å². The third-order valence-corrected chi connectivity index (χ3v) is 1.75. The number of hydrogen-bond donors (Lipinski definition) is 1. The molecular formula is C9H6F4O. The van der Waals surface area contributed by atoms with Gasteiger partial charge in [0, 0.05) is 0 Å². The smallest absolute Gasteiger partial charge is 0.169 e. The summed E-state index contributed by atoms with van der Waals surface area (Å²) < 4.78 is 51.7. The van der Waals surface area contributed by atoms with Crippen LogP contribution in [0.15, 0.2) is 6.58 Å². The molecule has 5 heteroatoms. The highest BCUT2D eigenvalue weighted by Crippen LogP contribution is 2.24. The molecule has 0 saturated heterocycles. The fourth-order valence-electron chi connectivity index (χ4n) is 1.01. The molecule has 76 valence electrons. The molecule has 0 aliphatic carbocycles. The molecule has 0 aliphatic heterocycles. The van der Waals surface area contributed by atoms with Crippen LogP contribution in [0, 0.1) is 23.3 Å². The molecule has 0 amide bonds. The molecule has 1 rings (SSSR count). The van der Waals surface area contributed by atoms with E-state index in [1.165, 1.54) is 0 Å². The molecule has 0 aliphatic rings. The van der Waals surface area contributed by atoms with E-state index in [-0.39, 0.29) is 0 Å². The van der Waals surface area contributed by atoms with Crippen molar-refractivity contribution in [3.8, 4) is 0 Å². The number of benzene rings is 1. The van der Waals surface area contributed by atoms with E-state index < -0.39 is 41.0 Å². The second-order valence-corrected chi connectivity index (χ2v) is 2.51. The van der Waals surface area contributed by atoms with Crippen LogP contribution in [0.2, 0.25) is 0 Å². The highest BCUT2D eigenvalue weighted by molar-refractivity contribution is 5.50. The lowest BCUT2D eigenvalue weighted by Gasteiger charge is -2.07. The Balaban J connectivity index is 3.63. The first-order chi connectivity index (χ1) is 6.54. The van der Waals surface area contributed by atoms with E-state index >= 15 is 0 Å². The predicted molar refractivity (Wildman–Crippen MR) is 42.3 cm³/mol. The molecule has 0 unspecified atom stereocenters. The largest absolute Gasteiger partial charge is 0.391 e. The van der Waals surface area contributed by atoms with Gasteiger partial charge in [0.15, 0.2) is 23.3 Å². The Kier molecular flexibility index (Phi) is 2.90. The molecule has 0 spiro atoms. The van der Waals surface area contributed by atoms with Gasteiger partial charge in [-0.15, -0.1) is 0 Å². The van der Waals surface area contributed by atoms with Crippen molar-refractivity contribution in [2.45, 2.75) is 6.61 Å². The molecule has 1 nitrogen and oxygen atoms in total. The molecule has 0 atom stereocenters. The second-order valence-electron chi connectivity index (χ2n) is 2.51. The summed E-state index contributed by atoms with van der Waals surface area (Å²) in [5.74, 6) is -6.30. The highest BCUT2D eigenvalue weighted by atomic mass is 19.2. The van der Waals surface area contributed by atoms with Crippen molar-refractivity contribution < 1.29 is 22.7 Å². The van der Waals surface area contributed by atoms with E-state index in [2.05, 4.69) is 6.58 Å². The van der Waals surface area contributed by atoms with Gasteiger partial charge < -0.3 is 5.11 Å². The lowest BCUT2D eigenvalue weighted by molar-refractivity contribution is 0.262. The third kappa shape index (κ3) is 1.39. The van der Waals surface area contributed by atoms with Crippen LogP contribution >= 0.6 is 0 Å². The average molecular weight is 206 g/mol. The first-order valence-electron chi connectivity index (χ1n) is 3.62. The molecule has 0 heterocycles. The fourth-order valence-corrected chi connectivity index (χ4v) is 1.01. The average Bonchev–Trinajstić information content (AvgIpc) is 2.17. The van der Waals surface area contributed by atoms with Crippen molar-refractivity contribution in [3.05, 3.63) is 41.0 Å². The maximum atomic E-state index is 12.9. The van der Waals surface area contributed by atoms with Crippen LogP contribution in [0.3, 0.4) is 0 Å². The van der Waals surface area contributed by atoms with Crippen molar-refractivity contribution in [1.82, 2.24) is 0 Å². The summed E-state index contributed by atoms with van der Waals surface area (Å²) in [7, 11) is 0. The van der Waals surface area contributed by atoms with Gasteiger partial charge in [-0.1, -0.05) is 12.7 Å². The zero-order valence-corrected chi connectivity index (χ0v) is 6.95. The summed E-state index contributed by atoms with van der Waals surface area (Å²) in [5, 5.41) is 8.47. The Morgan fingerprint density at radius 3 is 1.71 bits per heavy atom. The fraction of sp³-hybridized carbons (Fsp3) is 0.111. The summed E-state index contributed by atoms with van der Waals surface area (Å²) in [6.45, 7) is 1.91. The Hall–Kier alpha value is -1.36. The van der Waals surface area contributed by atoms with Crippen LogP contribution in [0.25, 0.3) is 6.08 Å². The number of hydrogen-bond acceptors (Lipinski definition) is 1. The van der Waals surface area contributed by atoms with Crippen LogP contribution in [-0.4, -0.2) is 5.11 Å². The van der Waals surface area contributed by atoms with Crippen molar-refractivity contribution in [2.24, 2.45) is 0 Å². The highest BCUT2D eigenvalue weighted by Gasteiger charge is 2.22. The summed E-state index contributed by atoms with van der Waals surface area (Å²) in [5.41, 5.74) is -1.90. The third-order valence-electron chi connectivity index (χ3n) is 1.75. The summed E-state index contributed by atoms with van der Waals surface area (Å²) in [6.07, 6.45) is 0.665. The van der Waals surface area contributed by atoms with Gasteiger partial charge in [-0.05, 0) is 0 Å². The minimum absolute atomic E-state index is 0.665. The maximum absolute atomic E-state index is 12.9. The van der Waals surface area contributed by atoms with Crippen molar-refractivity contribution >= 4 is 6.08 Å². The van der Waals surface area contributed by atoms with Crippen molar-refractivity contribution in [3.63, 3.8) is 0 Å². The minimum atomic E-state index is -1.60. The lowest BCUT2D eigenvalue weighted by Crippen LogP contribution is -2.05. The normalized spacial score (nSPS) is 10.4. The van der Waals surface area contributed by atoms with Gasteiger partial charge in [0.1, 0.15) is 0 Å². The maximum Gasteiger partial charge on any atom is 0.169 e. The molecule has 1 N–H and O–H groups in total. The molecule has 14 heavy (non-hydrogen) atoms. The Labute approximate surface area is 77.3 Å². The SMILES string of the molecule is C=Cc1c(F)c(F)c(CO)c(F)c1F. The van der Waals surface area contributed by atoms with Gasteiger partial charge in [-0.2, -0.15) is 0 Å². The van der Waals surface area contributed by atoms with Crippen LogP contribution < -0.4 is 0 Å². The van der Waals surface area contributed by atoms with Crippen LogP contribution in [-0.2, 0) is 6.61 Å². The summed E-state index contributed by atoms with van der Waals surface area (Å²) in [4.78, 5) is 0. The van der Waals surface area contributed by atoms with Gasteiger partial charge in [-0.25, -0.2) is 17.6 Å². The second kappa shape index (κ2) is 3.79. The Morgan fingerprint density at radius 2 is 1.43 bits per heavy atom. The quantitative estimate of drug-likeness (QED) is 0.581. The van der Waals surface area contributed by atoms with Gasteiger partial charge in [0.05, 0.1) is 17.7 Å². The van der Waals surface area contributed by atoms with Crippen LogP contribution in [0.5, 0.6) is 0 Å². The van der Waals surface area contributed by atoms with Gasteiger partial charge >= 0.3 is 0 Å². The van der Waals surface area contributed by atoms with Gasteiger partial charge in [0.25, 0.3) is 0 Å². The first kappa shape index (κ1) is 10.7. The summed E-state index contributed by atoms with van der Waals surface area (Å²) in [6, 6.07) is 0. The summed E-state index contributed by atoms with van der Waals surface area (Å²) >= 11 is 0. The predicted octanol–water partition coefficient (Wildman–Crippen LogP) is 2.38. The number of halogens is 4. The molecule has 0 radical (unpaired) electrons.